The molecule has 3 heteroatoms. The molecule has 13 heavy (non-hydrogen) atoms. The molecule has 0 bridgehead atoms. The topological polar surface area (TPSA) is 23.5 Å². The maximum Gasteiger partial charge on any atom is 0.0696 e. The molecular weight excluding hydrogens is 182 g/mol. The van der Waals surface area contributed by atoms with Gasteiger partial charge in [0, 0.05) is 12.6 Å². The SMILES string of the molecule is CN(Cc1ccsc1)C1CCC1O. The molecule has 0 amide bonds. The maximum absolute atomic E-state index is 9.47. The van der Waals surface area contributed by atoms with Gasteiger partial charge in [-0.15, -0.1) is 0 Å². The molecule has 1 aromatic rings. The highest BCUT2D eigenvalue weighted by Gasteiger charge is 2.31. The van der Waals surface area contributed by atoms with Crippen LogP contribution < -0.4 is 0 Å². The molecule has 1 fully saturated rings. The van der Waals surface area contributed by atoms with E-state index in [-0.39, 0.29) is 6.10 Å². The summed E-state index contributed by atoms with van der Waals surface area (Å²) in [4.78, 5) is 2.25. The molecule has 2 atom stereocenters. The lowest BCUT2D eigenvalue weighted by molar-refractivity contribution is -0.0129. The van der Waals surface area contributed by atoms with Crippen molar-refractivity contribution < 1.29 is 5.11 Å². The van der Waals surface area contributed by atoms with Gasteiger partial charge in [-0.1, -0.05) is 0 Å². The Labute approximate surface area is 82.8 Å². The minimum Gasteiger partial charge on any atom is -0.391 e. The largest absolute Gasteiger partial charge is 0.391 e. The maximum atomic E-state index is 9.47. The molecular formula is C10H15NOS. The average Bonchev–Trinajstić information content (AvgIpc) is 2.54. The van der Waals surface area contributed by atoms with Gasteiger partial charge in [-0.05, 0) is 42.3 Å². The zero-order chi connectivity index (χ0) is 9.26. The lowest BCUT2D eigenvalue weighted by atomic mass is 9.88. The fraction of sp³-hybridized carbons (Fsp3) is 0.600. The number of hydrogen-bond donors (Lipinski definition) is 1. The van der Waals surface area contributed by atoms with Gasteiger partial charge in [-0.2, -0.15) is 11.3 Å². The van der Waals surface area contributed by atoms with E-state index in [0.717, 1.165) is 19.4 Å². The predicted molar refractivity (Wildman–Crippen MR) is 54.8 cm³/mol. The van der Waals surface area contributed by atoms with E-state index in [2.05, 4.69) is 28.8 Å². The molecule has 0 spiro atoms. The summed E-state index contributed by atoms with van der Waals surface area (Å²) in [5.74, 6) is 0. The summed E-state index contributed by atoms with van der Waals surface area (Å²) in [5, 5.41) is 13.7. The first kappa shape index (κ1) is 9.19. The smallest absolute Gasteiger partial charge is 0.0696 e. The van der Waals surface area contributed by atoms with E-state index in [9.17, 15) is 5.11 Å². The molecule has 1 N–H and O–H groups in total. The van der Waals surface area contributed by atoms with Crippen molar-refractivity contribution in [3.8, 4) is 0 Å². The first-order valence-corrected chi connectivity index (χ1v) is 5.61. The highest BCUT2D eigenvalue weighted by Crippen LogP contribution is 2.25. The quantitative estimate of drug-likeness (QED) is 0.797. The summed E-state index contributed by atoms with van der Waals surface area (Å²) in [5.41, 5.74) is 1.35. The number of thiophene rings is 1. The molecule has 2 unspecified atom stereocenters. The van der Waals surface area contributed by atoms with Gasteiger partial charge in [-0.25, -0.2) is 0 Å². The molecule has 0 aromatic carbocycles. The summed E-state index contributed by atoms with van der Waals surface area (Å²) in [6.45, 7) is 0.964. The van der Waals surface area contributed by atoms with Crippen LogP contribution in [0.25, 0.3) is 0 Å². The third-order valence-corrected chi connectivity index (χ3v) is 3.51. The van der Waals surface area contributed by atoms with Crippen LogP contribution in [0, 0.1) is 0 Å². The Balaban J connectivity index is 1.88. The van der Waals surface area contributed by atoms with E-state index < -0.39 is 0 Å². The first-order chi connectivity index (χ1) is 6.27. The summed E-state index contributed by atoms with van der Waals surface area (Å²) in [7, 11) is 2.09. The van der Waals surface area contributed by atoms with Crippen molar-refractivity contribution in [1.82, 2.24) is 4.90 Å². The monoisotopic (exact) mass is 197 g/mol. The predicted octanol–water partition coefficient (Wildman–Crippen LogP) is 1.70. The average molecular weight is 197 g/mol. The fourth-order valence-electron chi connectivity index (χ4n) is 1.77. The van der Waals surface area contributed by atoms with Gasteiger partial charge in [0.1, 0.15) is 0 Å². The second kappa shape index (κ2) is 3.78. The molecule has 2 nitrogen and oxygen atoms in total. The van der Waals surface area contributed by atoms with Crippen molar-refractivity contribution in [1.29, 1.82) is 0 Å². The number of aliphatic hydroxyl groups is 1. The molecule has 1 heterocycles. The van der Waals surface area contributed by atoms with Crippen LogP contribution >= 0.6 is 11.3 Å². The Morgan fingerprint density at radius 1 is 1.62 bits per heavy atom. The fourth-order valence-corrected chi connectivity index (χ4v) is 2.43. The zero-order valence-electron chi connectivity index (χ0n) is 7.81. The van der Waals surface area contributed by atoms with Crippen molar-refractivity contribution in [3.05, 3.63) is 22.4 Å². The molecule has 0 radical (unpaired) electrons. The number of rotatable bonds is 3. The first-order valence-electron chi connectivity index (χ1n) is 4.67. The molecule has 0 aliphatic heterocycles. The standard InChI is InChI=1S/C10H15NOS/c1-11(9-2-3-10(9)12)6-8-4-5-13-7-8/h4-5,7,9-10,12H,2-3,6H2,1H3. The third kappa shape index (κ3) is 1.93. The van der Waals surface area contributed by atoms with Crippen LogP contribution in [-0.4, -0.2) is 29.2 Å². The molecule has 1 aliphatic rings. The summed E-state index contributed by atoms with van der Waals surface area (Å²) in [6.07, 6.45) is 2.02. The highest BCUT2D eigenvalue weighted by atomic mass is 32.1. The van der Waals surface area contributed by atoms with Crippen LogP contribution in [0.15, 0.2) is 16.8 Å². The molecule has 1 saturated carbocycles. The van der Waals surface area contributed by atoms with Gasteiger partial charge in [0.15, 0.2) is 0 Å². The van der Waals surface area contributed by atoms with Crippen molar-refractivity contribution in [2.75, 3.05) is 7.05 Å². The third-order valence-electron chi connectivity index (χ3n) is 2.78. The molecule has 1 aliphatic carbocycles. The van der Waals surface area contributed by atoms with Gasteiger partial charge in [0.05, 0.1) is 6.10 Å². The summed E-state index contributed by atoms with van der Waals surface area (Å²) in [6, 6.07) is 2.53. The van der Waals surface area contributed by atoms with Crippen LogP contribution in [0.4, 0.5) is 0 Å². The van der Waals surface area contributed by atoms with Gasteiger partial charge in [0.25, 0.3) is 0 Å². The van der Waals surface area contributed by atoms with Gasteiger partial charge in [0.2, 0.25) is 0 Å². The Morgan fingerprint density at radius 2 is 2.46 bits per heavy atom. The Morgan fingerprint density at radius 3 is 2.92 bits per heavy atom. The molecule has 1 aromatic heterocycles. The van der Waals surface area contributed by atoms with Crippen molar-refractivity contribution >= 4 is 11.3 Å². The van der Waals surface area contributed by atoms with E-state index in [4.69, 9.17) is 0 Å². The number of nitrogens with zero attached hydrogens (tertiary/aromatic N) is 1. The minimum atomic E-state index is -0.0939. The molecule has 72 valence electrons. The van der Waals surface area contributed by atoms with Crippen molar-refractivity contribution in [2.24, 2.45) is 0 Å². The van der Waals surface area contributed by atoms with E-state index >= 15 is 0 Å². The molecule has 0 saturated heterocycles. The highest BCUT2D eigenvalue weighted by molar-refractivity contribution is 7.07. The lowest BCUT2D eigenvalue weighted by Gasteiger charge is -2.39. The number of hydrogen-bond acceptors (Lipinski definition) is 3. The Kier molecular flexibility index (Phi) is 2.67. The van der Waals surface area contributed by atoms with E-state index in [1.807, 2.05) is 0 Å². The summed E-state index contributed by atoms with van der Waals surface area (Å²) >= 11 is 1.73. The van der Waals surface area contributed by atoms with E-state index in [1.54, 1.807) is 11.3 Å². The second-order valence-electron chi connectivity index (χ2n) is 3.76. The minimum absolute atomic E-state index is 0.0939. The van der Waals surface area contributed by atoms with E-state index in [0.29, 0.717) is 6.04 Å². The lowest BCUT2D eigenvalue weighted by Crippen LogP contribution is -2.48. The van der Waals surface area contributed by atoms with Crippen LogP contribution in [0.3, 0.4) is 0 Å². The van der Waals surface area contributed by atoms with Crippen molar-refractivity contribution in [3.63, 3.8) is 0 Å². The second-order valence-corrected chi connectivity index (χ2v) is 4.54. The molecule has 2 rings (SSSR count). The van der Waals surface area contributed by atoms with Gasteiger partial charge >= 0.3 is 0 Å². The van der Waals surface area contributed by atoms with E-state index in [1.165, 1.54) is 5.56 Å². The normalized spacial score (nSPS) is 27.6. The van der Waals surface area contributed by atoms with Crippen molar-refractivity contribution in [2.45, 2.75) is 31.5 Å². The van der Waals surface area contributed by atoms with Crippen LogP contribution in [0.1, 0.15) is 18.4 Å². The zero-order valence-corrected chi connectivity index (χ0v) is 8.63. The number of aliphatic hydroxyl groups excluding tert-OH is 1. The Bertz CT molecular complexity index is 260. The van der Waals surface area contributed by atoms with Crippen LogP contribution in [0.5, 0.6) is 0 Å². The Hall–Kier alpha value is -0.380. The summed E-state index contributed by atoms with van der Waals surface area (Å²) < 4.78 is 0. The van der Waals surface area contributed by atoms with Crippen LogP contribution in [-0.2, 0) is 6.54 Å². The van der Waals surface area contributed by atoms with Crippen LogP contribution in [0.2, 0.25) is 0 Å². The van der Waals surface area contributed by atoms with Gasteiger partial charge < -0.3 is 5.11 Å². The van der Waals surface area contributed by atoms with Gasteiger partial charge in [-0.3, -0.25) is 4.90 Å². The number of likely N-dealkylation sites (N-methyl/N-ethyl adjacent to an activating group) is 1.